The highest BCUT2D eigenvalue weighted by molar-refractivity contribution is 7.89. The van der Waals surface area contributed by atoms with Crippen molar-refractivity contribution in [2.75, 3.05) is 26.0 Å². The molecule has 0 aliphatic heterocycles. The van der Waals surface area contributed by atoms with Crippen molar-refractivity contribution in [2.24, 2.45) is 0 Å². The molecule has 0 bridgehead atoms. The molecule has 0 aliphatic carbocycles. The molecule has 9 heteroatoms. The predicted molar refractivity (Wildman–Crippen MR) is 124 cm³/mol. The Balaban J connectivity index is 1.59. The summed E-state index contributed by atoms with van der Waals surface area (Å²) < 4.78 is 36.2. The Morgan fingerprint density at radius 1 is 0.909 bits per heavy atom. The number of amides is 1. The van der Waals surface area contributed by atoms with E-state index in [1.165, 1.54) is 38.4 Å². The Labute approximate surface area is 192 Å². The van der Waals surface area contributed by atoms with E-state index in [0.717, 1.165) is 9.87 Å². The zero-order valence-corrected chi connectivity index (χ0v) is 19.3. The summed E-state index contributed by atoms with van der Waals surface area (Å²) >= 11 is 0. The normalized spacial score (nSPS) is 11.2. The fraction of sp³-hybridized carbons (Fsp3) is 0.167. The third kappa shape index (κ3) is 6.18. The maximum absolute atomic E-state index is 12.3. The van der Waals surface area contributed by atoms with Gasteiger partial charge < -0.3 is 14.8 Å². The first-order valence-corrected chi connectivity index (χ1v) is 11.4. The van der Waals surface area contributed by atoms with E-state index in [1.54, 1.807) is 24.3 Å². The van der Waals surface area contributed by atoms with E-state index in [1.807, 2.05) is 31.2 Å². The summed E-state index contributed by atoms with van der Waals surface area (Å²) in [7, 11) is -0.770. The van der Waals surface area contributed by atoms with Crippen molar-refractivity contribution in [2.45, 2.75) is 11.8 Å². The lowest BCUT2D eigenvalue weighted by Crippen LogP contribution is -2.22. The minimum atomic E-state index is -3.60. The first-order chi connectivity index (χ1) is 15.7. The summed E-state index contributed by atoms with van der Waals surface area (Å²) in [6, 6.07) is 19.7. The number of hydrogen-bond acceptors (Lipinski definition) is 6. The van der Waals surface area contributed by atoms with Gasteiger partial charge in [0.15, 0.2) is 12.4 Å². The maximum Gasteiger partial charge on any atom is 0.338 e. The van der Waals surface area contributed by atoms with Crippen LogP contribution in [0.5, 0.6) is 11.5 Å². The second kappa shape index (κ2) is 10.3. The molecule has 0 saturated carbocycles. The quantitative estimate of drug-likeness (QED) is 0.504. The summed E-state index contributed by atoms with van der Waals surface area (Å²) in [6.45, 7) is 1.45. The van der Waals surface area contributed by atoms with Crippen LogP contribution in [0.3, 0.4) is 0 Å². The van der Waals surface area contributed by atoms with Gasteiger partial charge in [-0.2, -0.15) is 0 Å². The molecule has 0 heterocycles. The number of anilines is 1. The van der Waals surface area contributed by atoms with Gasteiger partial charge >= 0.3 is 5.97 Å². The molecule has 0 radical (unpaired) electrons. The molecule has 0 spiro atoms. The van der Waals surface area contributed by atoms with E-state index >= 15 is 0 Å². The zero-order chi connectivity index (χ0) is 24.0. The van der Waals surface area contributed by atoms with Gasteiger partial charge in [0.2, 0.25) is 10.0 Å². The van der Waals surface area contributed by atoms with Crippen LogP contribution in [-0.4, -0.2) is 45.3 Å². The zero-order valence-electron chi connectivity index (χ0n) is 18.4. The number of esters is 1. The number of nitrogens with zero attached hydrogens (tertiary/aromatic N) is 1. The average molecular weight is 469 g/mol. The number of hydrogen-bond donors (Lipinski definition) is 1. The Kier molecular flexibility index (Phi) is 7.47. The lowest BCUT2D eigenvalue weighted by atomic mass is 10.2. The molecule has 3 rings (SSSR count). The molecule has 3 aromatic carbocycles. The highest BCUT2D eigenvalue weighted by Gasteiger charge is 2.18. The Morgan fingerprint density at radius 3 is 2.18 bits per heavy atom. The topological polar surface area (TPSA) is 102 Å². The molecule has 0 saturated heterocycles. The van der Waals surface area contributed by atoms with Crippen LogP contribution in [0.1, 0.15) is 15.9 Å². The van der Waals surface area contributed by atoms with Crippen molar-refractivity contribution in [3.8, 4) is 11.5 Å². The molecule has 172 valence electrons. The van der Waals surface area contributed by atoms with Gasteiger partial charge in [0.25, 0.3) is 5.91 Å². The number of sulfonamides is 1. The molecule has 0 atom stereocenters. The first-order valence-electron chi connectivity index (χ1n) is 10.00. The van der Waals surface area contributed by atoms with Crippen LogP contribution >= 0.6 is 0 Å². The van der Waals surface area contributed by atoms with Gasteiger partial charge in [-0.1, -0.05) is 29.8 Å². The smallest absolute Gasteiger partial charge is 0.338 e. The molecule has 1 amide bonds. The van der Waals surface area contributed by atoms with Gasteiger partial charge in [0.1, 0.15) is 5.75 Å². The van der Waals surface area contributed by atoms with Gasteiger partial charge in [0.05, 0.1) is 16.1 Å². The van der Waals surface area contributed by atoms with Crippen LogP contribution in [0.2, 0.25) is 0 Å². The third-order valence-corrected chi connectivity index (χ3v) is 6.44. The van der Waals surface area contributed by atoms with Crippen molar-refractivity contribution in [3.05, 3.63) is 83.9 Å². The van der Waals surface area contributed by atoms with Crippen molar-refractivity contribution < 1.29 is 27.5 Å². The summed E-state index contributed by atoms with van der Waals surface area (Å²) in [5, 5.41) is 2.66. The molecular weight excluding hydrogens is 444 g/mol. The summed E-state index contributed by atoms with van der Waals surface area (Å²) in [5.74, 6) is -0.231. The number of ether oxygens (including phenoxy) is 2. The van der Waals surface area contributed by atoms with E-state index < -0.39 is 28.5 Å². The monoisotopic (exact) mass is 468 g/mol. The minimum Gasteiger partial charge on any atom is -0.455 e. The molecule has 8 nitrogen and oxygen atoms in total. The molecule has 1 N–H and O–H groups in total. The Morgan fingerprint density at radius 2 is 1.55 bits per heavy atom. The fourth-order valence-electron chi connectivity index (χ4n) is 2.77. The summed E-state index contributed by atoms with van der Waals surface area (Å²) in [4.78, 5) is 24.6. The average Bonchev–Trinajstić information content (AvgIpc) is 2.80. The van der Waals surface area contributed by atoms with Crippen LogP contribution in [0.4, 0.5) is 5.69 Å². The molecule has 0 unspecified atom stereocenters. The van der Waals surface area contributed by atoms with Crippen molar-refractivity contribution in [1.29, 1.82) is 0 Å². The van der Waals surface area contributed by atoms with E-state index in [-0.39, 0.29) is 10.5 Å². The molecule has 0 aliphatic rings. The van der Waals surface area contributed by atoms with Crippen LogP contribution in [0.15, 0.2) is 77.7 Å². The first kappa shape index (κ1) is 24.0. The molecular formula is C24H24N2O6S. The second-order valence-electron chi connectivity index (χ2n) is 7.35. The van der Waals surface area contributed by atoms with Crippen LogP contribution in [-0.2, 0) is 19.6 Å². The standard InChI is InChI=1S/C24H24N2O6S/c1-17-8-12-19(13-9-17)32-22-7-5-4-6-21(22)25-23(27)16-31-24(28)18-10-14-20(15-11-18)33(29,30)26(2)3/h4-15H,16H2,1-3H3,(H,25,27). The largest absolute Gasteiger partial charge is 0.455 e. The lowest BCUT2D eigenvalue weighted by molar-refractivity contribution is -0.119. The fourth-order valence-corrected chi connectivity index (χ4v) is 3.67. The Hall–Kier alpha value is -3.69. The SMILES string of the molecule is Cc1ccc(Oc2ccccc2NC(=O)COC(=O)c2ccc(S(=O)(=O)N(C)C)cc2)cc1. The van der Waals surface area contributed by atoms with E-state index in [0.29, 0.717) is 17.2 Å². The van der Waals surface area contributed by atoms with Crippen molar-refractivity contribution in [1.82, 2.24) is 4.31 Å². The van der Waals surface area contributed by atoms with Gasteiger partial charge in [-0.25, -0.2) is 17.5 Å². The number of aryl methyl sites for hydroxylation is 1. The van der Waals surface area contributed by atoms with E-state index in [4.69, 9.17) is 9.47 Å². The molecule has 0 aromatic heterocycles. The van der Waals surface area contributed by atoms with Crippen molar-refractivity contribution >= 4 is 27.6 Å². The lowest BCUT2D eigenvalue weighted by Gasteiger charge is -2.13. The number of para-hydroxylation sites is 2. The predicted octanol–water partition coefficient (Wildman–Crippen LogP) is 3.83. The molecule has 0 fully saturated rings. The summed E-state index contributed by atoms with van der Waals surface area (Å²) in [5.41, 5.74) is 1.65. The van der Waals surface area contributed by atoms with Gasteiger partial charge in [-0.05, 0) is 55.5 Å². The van der Waals surface area contributed by atoms with Gasteiger partial charge in [0, 0.05) is 14.1 Å². The van der Waals surface area contributed by atoms with Crippen LogP contribution < -0.4 is 10.1 Å². The van der Waals surface area contributed by atoms with E-state index in [9.17, 15) is 18.0 Å². The molecule has 3 aromatic rings. The summed E-state index contributed by atoms with van der Waals surface area (Å²) in [6.07, 6.45) is 0. The van der Waals surface area contributed by atoms with Gasteiger partial charge in [-0.15, -0.1) is 0 Å². The highest BCUT2D eigenvalue weighted by Crippen LogP contribution is 2.29. The third-order valence-electron chi connectivity index (χ3n) is 4.61. The number of carbonyl (C=O) groups excluding carboxylic acids is 2. The molecule has 33 heavy (non-hydrogen) atoms. The second-order valence-corrected chi connectivity index (χ2v) is 9.50. The number of nitrogens with one attached hydrogen (secondary N) is 1. The van der Waals surface area contributed by atoms with Crippen LogP contribution in [0, 0.1) is 6.92 Å². The Bertz CT molecular complexity index is 1240. The van der Waals surface area contributed by atoms with Crippen LogP contribution in [0.25, 0.3) is 0 Å². The van der Waals surface area contributed by atoms with E-state index in [2.05, 4.69) is 5.32 Å². The highest BCUT2D eigenvalue weighted by atomic mass is 32.2. The van der Waals surface area contributed by atoms with Crippen molar-refractivity contribution in [3.63, 3.8) is 0 Å². The number of rotatable bonds is 8. The number of benzene rings is 3. The number of carbonyl (C=O) groups is 2. The van der Waals surface area contributed by atoms with Gasteiger partial charge in [-0.3, -0.25) is 4.79 Å². The maximum atomic E-state index is 12.3. The minimum absolute atomic E-state index is 0.0481.